The third kappa shape index (κ3) is 4.04. The molecular formula is C18H21NO4S2. The van der Waals surface area contributed by atoms with Gasteiger partial charge in [-0.2, -0.15) is 0 Å². The first-order valence-corrected chi connectivity index (χ1v) is 10.8. The molecule has 1 aliphatic rings. The highest BCUT2D eigenvalue weighted by Crippen LogP contribution is 2.32. The van der Waals surface area contributed by atoms with Crippen molar-refractivity contribution in [3.63, 3.8) is 0 Å². The topological polar surface area (TPSA) is 63.7 Å². The van der Waals surface area contributed by atoms with Crippen LogP contribution >= 0.6 is 11.3 Å². The second kappa shape index (κ2) is 7.58. The Balaban J connectivity index is 1.73. The van der Waals surface area contributed by atoms with Gasteiger partial charge in [0.25, 0.3) is 0 Å². The lowest BCUT2D eigenvalue weighted by Gasteiger charge is -2.20. The molecule has 25 heavy (non-hydrogen) atoms. The normalized spacial score (nSPS) is 20.0. The predicted molar refractivity (Wildman–Crippen MR) is 98.7 cm³/mol. The average Bonchev–Trinajstić information content (AvgIpc) is 3.06. The van der Waals surface area contributed by atoms with E-state index in [1.165, 1.54) is 11.3 Å². The minimum absolute atomic E-state index is 0.00717. The summed E-state index contributed by atoms with van der Waals surface area (Å²) in [6.45, 7) is 0.702. The van der Waals surface area contributed by atoms with Crippen molar-refractivity contribution >= 4 is 27.1 Å². The molecule has 0 radical (unpaired) electrons. The standard InChI is InChI=1S/C18H21NO4S2/c1-23-15-6-3-2-5-14(15)13-18(20)19-9-8-17(16-7-4-11-24-16)25(21,22)12-10-19/h2-7,11,17H,8-10,12-13H2,1H3. The maximum Gasteiger partial charge on any atom is 0.227 e. The summed E-state index contributed by atoms with van der Waals surface area (Å²) in [5.41, 5.74) is 0.817. The molecule has 1 aromatic heterocycles. The molecule has 1 unspecified atom stereocenters. The number of rotatable bonds is 4. The lowest BCUT2D eigenvalue weighted by atomic mass is 10.1. The minimum atomic E-state index is -3.24. The van der Waals surface area contributed by atoms with Gasteiger partial charge in [0.1, 0.15) is 5.75 Å². The molecule has 134 valence electrons. The van der Waals surface area contributed by atoms with Crippen molar-refractivity contribution in [2.75, 3.05) is 26.0 Å². The highest BCUT2D eigenvalue weighted by Gasteiger charge is 2.33. The summed E-state index contributed by atoms with van der Waals surface area (Å²) in [7, 11) is -1.67. The van der Waals surface area contributed by atoms with Crippen LogP contribution in [-0.4, -0.2) is 45.2 Å². The number of thiophene rings is 1. The second-order valence-electron chi connectivity index (χ2n) is 6.03. The van der Waals surface area contributed by atoms with Gasteiger partial charge in [0.15, 0.2) is 9.84 Å². The predicted octanol–water partition coefficient (Wildman–Crippen LogP) is 2.69. The van der Waals surface area contributed by atoms with Crippen LogP contribution in [0.2, 0.25) is 0 Å². The van der Waals surface area contributed by atoms with Gasteiger partial charge < -0.3 is 9.64 Å². The largest absolute Gasteiger partial charge is 0.496 e. The van der Waals surface area contributed by atoms with Crippen LogP contribution < -0.4 is 4.74 Å². The van der Waals surface area contributed by atoms with Crippen molar-refractivity contribution in [3.8, 4) is 5.75 Å². The molecule has 0 saturated carbocycles. The Bertz CT molecular complexity index is 831. The highest BCUT2D eigenvalue weighted by atomic mass is 32.2. The van der Waals surface area contributed by atoms with Gasteiger partial charge in [-0.1, -0.05) is 24.3 Å². The molecule has 3 rings (SSSR count). The summed E-state index contributed by atoms with van der Waals surface area (Å²) in [5.74, 6) is 0.619. The van der Waals surface area contributed by atoms with Crippen molar-refractivity contribution in [2.45, 2.75) is 18.1 Å². The fourth-order valence-corrected chi connectivity index (χ4v) is 6.11. The van der Waals surface area contributed by atoms with Gasteiger partial charge in [0.2, 0.25) is 5.91 Å². The fraction of sp³-hybridized carbons (Fsp3) is 0.389. The van der Waals surface area contributed by atoms with Crippen LogP contribution in [0.3, 0.4) is 0 Å². The first kappa shape index (κ1) is 17.9. The minimum Gasteiger partial charge on any atom is -0.496 e. The van der Waals surface area contributed by atoms with E-state index in [1.54, 1.807) is 12.0 Å². The second-order valence-corrected chi connectivity index (χ2v) is 9.31. The Morgan fingerprint density at radius 2 is 2.04 bits per heavy atom. The molecule has 1 atom stereocenters. The Hall–Kier alpha value is -1.86. The summed E-state index contributed by atoms with van der Waals surface area (Å²) in [4.78, 5) is 15.2. The molecule has 1 fully saturated rings. The molecule has 1 saturated heterocycles. The Morgan fingerprint density at radius 1 is 1.24 bits per heavy atom. The molecule has 0 bridgehead atoms. The molecule has 1 aliphatic heterocycles. The van der Waals surface area contributed by atoms with Crippen molar-refractivity contribution in [1.82, 2.24) is 4.90 Å². The molecule has 1 amide bonds. The summed E-state index contributed by atoms with van der Waals surface area (Å²) in [6.07, 6.45) is 0.661. The molecule has 0 spiro atoms. The van der Waals surface area contributed by atoms with Crippen LogP contribution in [-0.2, 0) is 21.1 Å². The lowest BCUT2D eigenvalue weighted by Crippen LogP contribution is -2.34. The lowest BCUT2D eigenvalue weighted by molar-refractivity contribution is -0.130. The SMILES string of the molecule is COc1ccccc1CC(=O)N1CCC(c2cccs2)S(=O)(=O)CC1. The number of carbonyl (C=O) groups excluding carboxylic acids is 1. The maximum absolute atomic E-state index is 12.7. The molecule has 7 heteroatoms. The van der Waals surface area contributed by atoms with E-state index in [4.69, 9.17) is 4.74 Å². The number of hydrogen-bond donors (Lipinski definition) is 0. The number of carbonyl (C=O) groups is 1. The number of hydrogen-bond acceptors (Lipinski definition) is 5. The highest BCUT2D eigenvalue weighted by molar-refractivity contribution is 7.91. The molecule has 1 aromatic carbocycles. The number of methoxy groups -OCH3 is 1. The van der Waals surface area contributed by atoms with E-state index >= 15 is 0 Å². The Labute approximate surface area is 152 Å². The monoisotopic (exact) mass is 379 g/mol. The first-order chi connectivity index (χ1) is 12.0. The summed E-state index contributed by atoms with van der Waals surface area (Å²) >= 11 is 1.46. The Kier molecular flexibility index (Phi) is 5.44. The van der Waals surface area contributed by atoms with Gasteiger partial charge in [-0.05, 0) is 23.9 Å². The Morgan fingerprint density at radius 3 is 2.76 bits per heavy atom. The molecular weight excluding hydrogens is 358 g/mol. The zero-order valence-corrected chi connectivity index (χ0v) is 15.7. The van der Waals surface area contributed by atoms with E-state index in [-0.39, 0.29) is 24.6 Å². The molecule has 5 nitrogen and oxygen atoms in total. The number of amides is 1. The average molecular weight is 380 g/mol. The molecule has 0 N–H and O–H groups in total. The maximum atomic E-state index is 12.7. The quantitative estimate of drug-likeness (QED) is 0.819. The zero-order chi connectivity index (χ0) is 17.9. The molecule has 2 heterocycles. The van der Waals surface area contributed by atoms with E-state index in [2.05, 4.69) is 0 Å². The zero-order valence-electron chi connectivity index (χ0n) is 14.1. The van der Waals surface area contributed by atoms with Gasteiger partial charge in [0, 0.05) is 23.5 Å². The van der Waals surface area contributed by atoms with E-state index in [1.807, 2.05) is 41.8 Å². The number of sulfone groups is 1. The number of nitrogens with zero attached hydrogens (tertiary/aromatic N) is 1. The summed E-state index contributed by atoms with van der Waals surface area (Å²) in [6, 6.07) is 11.1. The van der Waals surface area contributed by atoms with Crippen molar-refractivity contribution in [1.29, 1.82) is 0 Å². The van der Waals surface area contributed by atoms with E-state index in [0.717, 1.165) is 10.4 Å². The van der Waals surface area contributed by atoms with Gasteiger partial charge in [-0.25, -0.2) is 8.42 Å². The van der Waals surface area contributed by atoms with Crippen LogP contribution in [0.5, 0.6) is 5.75 Å². The number of benzene rings is 1. The van der Waals surface area contributed by atoms with Gasteiger partial charge >= 0.3 is 0 Å². The molecule has 2 aromatic rings. The van der Waals surface area contributed by atoms with E-state index in [9.17, 15) is 13.2 Å². The van der Waals surface area contributed by atoms with E-state index < -0.39 is 15.1 Å². The van der Waals surface area contributed by atoms with Crippen LogP contribution in [0.1, 0.15) is 22.1 Å². The van der Waals surface area contributed by atoms with Crippen LogP contribution in [0.25, 0.3) is 0 Å². The van der Waals surface area contributed by atoms with Crippen LogP contribution in [0.15, 0.2) is 41.8 Å². The van der Waals surface area contributed by atoms with Gasteiger partial charge in [-0.3, -0.25) is 4.79 Å². The fourth-order valence-electron chi connectivity index (χ4n) is 3.11. The third-order valence-corrected chi connectivity index (χ3v) is 7.73. The number of ether oxygens (including phenoxy) is 1. The number of para-hydroxylation sites is 1. The van der Waals surface area contributed by atoms with Crippen molar-refractivity contribution in [3.05, 3.63) is 52.2 Å². The van der Waals surface area contributed by atoms with Crippen molar-refractivity contribution < 1.29 is 17.9 Å². The smallest absolute Gasteiger partial charge is 0.227 e. The van der Waals surface area contributed by atoms with Crippen molar-refractivity contribution in [2.24, 2.45) is 0 Å². The summed E-state index contributed by atoms with van der Waals surface area (Å²) in [5, 5.41) is 1.39. The third-order valence-electron chi connectivity index (χ3n) is 4.49. The first-order valence-electron chi connectivity index (χ1n) is 8.16. The van der Waals surface area contributed by atoms with Crippen LogP contribution in [0, 0.1) is 0 Å². The molecule has 0 aliphatic carbocycles. The summed E-state index contributed by atoms with van der Waals surface area (Å²) < 4.78 is 30.4. The van der Waals surface area contributed by atoms with Gasteiger partial charge in [0.05, 0.1) is 24.5 Å². The van der Waals surface area contributed by atoms with Gasteiger partial charge in [-0.15, -0.1) is 11.3 Å². The van der Waals surface area contributed by atoms with E-state index in [0.29, 0.717) is 18.7 Å². The van der Waals surface area contributed by atoms with Crippen LogP contribution in [0.4, 0.5) is 0 Å².